The minimum absolute atomic E-state index is 0.213. The molecule has 3 nitrogen and oxygen atoms in total. The van der Waals surface area contributed by atoms with E-state index in [0.717, 1.165) is 0 Å². The van der Waals surface area contributed by atoms with E-state index in [1.54, 1.807) is 23.8 Å². The smallest absolute Gasteiger partial charge is 0.347 e. The van der Waals surface area contributed by atoms with E-state index in [1.807, 2.05) is 0 Å². The second-order valence-corrected chi connectivity index (χ2v) is 3.12. The van der Waals surface area contributed by atoms with Crippen LogP contribution < -0.4 is 5.32 Å². The molecule has 0 saturated heterocycles. The summed E-state index contributed by atoms with van der Waals surface area (Å²) in [7, 11) is 0. The van der Waals surface area contributed by atoms with Crippen molar-refractivity contribution in [3.63, 3.8) is 0 Å². The van der Waals surface area contributed by atoms with Crippen molar-refractivity contribution < 1.29 is 13.2 Å². The third-order valence-electron chi connectivity index (χ3n) is 1.67. The van der Waals surface area contributed by atoms with Gasteiger partial charge in [-0.1, -0.05) is 6.08 Å². The summed E-state index contributed by atoms with van der Waals surface area (Å²) in [4.78, 5) is 3.94. The Kier molecular flexibility index (Phi) is 3.39. The van der Waals surface area contributed by atoms with Crippen LogP contribution in [0, 0.1) is 6.92 Å². The van der Waals surface area contributed by atoms with E-state index >= 15 is 0 Å². The lowest BCUT2D eigenvalue weighted by Gasteiger charge is -2.09. The topological polar surface area (TPSA) is 29.9 Å². The zero-order valence-electron chi connectivity index (χ0n) is 8.30. The molecule has 0 aliphatic carbocycles. The molecule has 6 heteroatoms. The average Bonchev–Trinajstić information content (AvgIpc) is 2.42. The largest absolute Gasteiger partial charge is 0.405 e. The van der Waals surface area contributed by atoms with Gasteiger partial charge in [0.2, 0.25) is 5.95 Å². The van der Waals surface area contributed by atoms with Gasteiger partial charge < -0.3 is 9.88 Å². The van der Waals surface area contributed by atoms with Crippen molar-refractivity contribution in [1.82, 2.24) is 9.55 Å². The van der Waals surface area contributed by atoms with Gasteiger partial charge in [0.25, 0.3) is 0 Å². The summed E-state index contributed by atoms with van der Waals surface area (Å²) in [5, 5.41) is 2.24. The predicted molar refractivity (Wildman–Crippen MR) is 51.7 cm³/mol. The summed E-state index contributed by atoms with van der Waals surface area (Å²) >= 11 is 0. The van der Waals surface area contributed by atoms with Crippen molar-refractivity contribution in [1.29, 1.82) is 0 Å². The minimum Gasteiger partial charge on any atom is -0.347 e. The molecule has 1 heterocycles. The summed E-state index contributed by atoms with van der Waals surface area (Å²) < 4.78 is 37.4. The van der Waals surface area contributed by atoms with Gasteiger partial charge in [-0.15, -0.1) is 6.58 Å². The fraction of sp³-hybridized carbons (Fsp3) is 0.444. The van der Waals surface area contributed by atoms with Crippen molar-refractivity contribution in [3.8, 4) is 0 Å². The number of nitrogens with one attached hydrogen (secondary N) is 1. The molecule has 1 rings (SSSR count). The van der Waals surface area contributed by atoms with Crippen LogP contribution in [-0.2, 0) is 6.54 Å². The van der Waals surface area contributed by atoms with Crippen LogP contribution in [0.1, 0.15) is 5.69 Å². The number of aryl methyl sites for hydroxylation is 1. The number of rotatable bonds is 4. The number of hydrogen-bond donors (Lipinski definition) is 1. The summed E-state index contributed by atoms with van der Waals surface area (Å²) in [6.45, 7) is 4.59. The van der Waals surface area contributed by atoms with E-state index in [1.165, 1.54) is 0 Å². The number of allylic oxidation sites excluding steroid dienone is 1. The molecule has 0 bridgehead atoms. The van der Waals surface area contributed by atoms with Crippen LogP contribution in [0.4, 0.5) is 19.1 Å². The van der Waals surface area contributed by atoms with Crippen molar-refractivity contribution in [2.45, 2.75) is 19.6 Å². The van der Waals surface area contributed by atoms with Gasteiger partial charge in [-0.25, -0.2) is 4.98 Å². The lowest BCUT2D eigenvalue weighted by atomic mass is 10.5. The lowest BCUT2D eigenvalue weighted by molar-refractivity contribution is -0.115. The van der Waals surface area contributed by atoms with E-state index in [-0.39, 0.29) is 5.95 Å². The summed E-state index contributed by atoms with van der Waals surface area (Å²) in [5.41, 5.74) is 0.668. The molecule has 0 aliphatic heterocycles. The number of hydrogen-bond acceptors (Lipinski definition) is 2. The molecule has 0 spiro atoms. The van der Waals surface area contributed by atoms with Gasteiger partial charge in [-0.3, -0.25) is 0 Å². The van der Waals surface area contributed by atoms with E-state index in [4.69, 9.17) is 0 Å². The Hall–Kier alpha value is -1.46. The zero-order valence-corrected chi connectivity index (χ0v) is 8.30. The number of nitrogens with zero attached hydrogens (tertiary/aromatic N) is 2. The fourth-order valence-corrected chi connectivity index (χ4v) is 1.15. The molecule has 0 amide bonds. The van der Waals surface area contributed by atoms with Crippen molar-refractivity contribution in [2.24, 2.45) is 0 Å². The first-order chi connectivity index (χ1) is 6.92. The predicted octanol–water partition coefficient (Wildman–Crippen LogP) is 2.35. The average molecular weight is 219 g/mol. The molecule has 84 valence electrons. The highest BCUT2D eigenvalue weighted by Gasteiger charge is 2.27. The number of halogens is 3. The molecule has 0 aromatic carbocycles. The summed E-state index contributed by atoms with van der Waals surface area (Å²) in [6.07, 6.45) is -0.973. The molecule has 1 N–H and O–H groups in total. The first-order valence-corrected chi connectivity index (χ1v) is 4.37. The van der Waals surface area contributed by atoms with Gasteiger partial charge in [0.05, 0.1) is 5.69 Å². The quantitative estimate of drug-likeness (QED) is 0.788. The van der Waals surface area contributed by atoms with Gasteiger partial charge in [0.15, 0.2) is 0 Å². The SMILES string of the molecule is C=CCn1cc(C)nc1NCC(F)(F)F. The van der Waals surface area contributed by atoms with E-state index in [0.29, 0.717) is 12.2 Å². The highest BCUT2D eigenvalue weighted by molar-refractivity contribution is 5.29. The van der Waals surface area contributed by atoms with Crippen LogP contribution >= 0.6 is 0 Å². The Balaban J connectivity index is 2.71. The highest BCUT2D eigenvalue weighted by atomic mass is 19.4. The van der Waals surface area contributed by atoms with Gasteiger partial charge in [-0.2, -0.15) is 13.2 Å². The molecular weight excluding hydrogens is 207 g/mol. The molecule has 0 radical (unpaired) electrons. The van der Waals surface area contributed by atoms with Crippen molar-refractivity contribution in [3.05, 3.63) is 24.5 Å². The van der Waals surface area contributed by atoms with Crippen LogP contribution in [0.15, 0.2) is 18.9 Å². The van der Waals surface area contributed by atoms with E-state index in [9.17, 15) is 13.2 Å². The normalized spacial score (nSPS) is 11.5. The Labute approximate surface area is 85.6 Å². The molecule has 0 aliphatic rings. The Morgan fingerprint density at radius 1 is 1.60 bits per heavy atom. The van der Waals surface area contributed by atoms with Gasteiger partial charge in [0, 0.05) is 12.7 Å². The van der Waals surface area contributed by atoms with Gasteiger partial charge in [0.1, 0.15) is 6.54 Å². The van der Waals surface area contributed by atoms with Gasteiger partial charge in [-0.05, 0) is 6.92 Å². The third kappa shape index (κ3) is 3.65. The summed E-state index contributed by atoms with van der Waals surface area (Å²) in [5.74, 6) is 0.213. The van der Waals surface area contributed by atoms with Gasteiger partial charge >= 0.3 is 6.18 Å². The molecule has 1 aromatic heterocycles. The van der Waals surface area contributed by atoms with Crippen molar-refractivity contribution in [2.75, 3.05) is 11.9 Å². The van der Waals surface area contributed by atoms with Crippen LogP contribution in [0.5, 0.6) is 0 Å². The molecule has 0 fully saturated rings. The molecule has 1 aromatic rings. The van der Waals surface area contributed by atoms with Crippen LogP contribution in [-0.4, -0.2) is 22.3 Å². The Morgan fingerprint density at radius 2 is 2.27 bits per heavy atom. The number of imidazole rings is 1. The van der Waals surface area contributed by atoms with Crippen LogP contribution in [0.2, 0.25) is 0 Å². The van der Waals surface area contributed by atoms with E-state index in [2.05, 4.69) is 16.9 Å². The zero-order chi connectivity index (χ0) is 11.5. The maximum Gasteiger partial charge on any atom is 0.405 e. The number of anilines is 1. The Bertz CT molecular complexity index is 341. The van der Waals surface area contributed by atoms with Crippen LogP contribution in [0.25, 0.3) is 0 Å². The maximum absolute atomic E-state index is 11.9. The number of aromatic nitrogens is 2. The summed E-state index contributed by atoms with van der Waals surface area (Å²) in [6, 6.07) is 0. The molecular formula is C9H12F3N3. The second-order valence-electron chi connectivity index (χ2n) is 3.12. The standard InChI is InChI=1S/C9H12F3N3/c1-3-4-15-5-7(2)14-8(15)13-6-9(10,11)12/h3,5H,1,4,6H2,2H3,(H,13,14). The third-order valence-corrected chi connectivity index (χ3v) is 1.67. The van der Waals surface area contributed by atoms with Crippen molar-refractivity contribution >= 4 is 5.95 Å². The lowest BCUT2D eigenvalue weighted by Crippen LogP contribution is -2.23. The first-order valence-electron chi connectivity index (χ1n) is 4.37. The Morgan fingerprint density at radius 3 is 2.80 bits per heavy atom. The molecule has 15 heavy (non-hydrogen) atoms. The maximum atomic E-state index is 11.9. The van der Waals surface area contributed by atoms with Crippen LogP contribution in [0.3, 0.4) is 0 Å². The number of alkyl halides is 3. The highest BCUT2D eigenvalue weighted by Crippen LogP contribution is 2.16. The monoisotopic (exact) mass is 219 g/mol. The fourth-order valence-electron chi connectivity index (χ4n) is 1.15. The molecule has 0 unspecified atom stereocenters. The minimum atomic E-state index is -4.24. The first kappa shape index (κ1) is 11.6. The molecule has 0 saturated carbocycles. The van der Waals surface area contributed by atoms with E-state index < -0.39 is 12.7 Å². The molecule has 0 atom stereocenters. The second kappa shape index (κ2) is 4.37.